The van der Waals surface area contributed by atoms with Crippen LogP contribution in [-0.4, -0.2) is 0 Å². The molecule has 94 valence electrons. The van der Waals surface area contributed by atoms with E-state index in [1.54, 1.807) is 6.07 Å². The molecule has 0 aliphatic heterocycles. The van der Waals surface area contributed by atoms with E-state index >= 15 is 0 Å². The zero-order valence-electron chi connectivity index (χ0n) is 10.2. The zero-order chi connectivity index (χ0) is 13.3. The van der Waals surface area contributed by atoms with Gasteiger partial charge in [-0.15, -0.1) is 11.6 Å². The van der Waals surface area contributed by atoms with E-state index in [-0.39, 0.29) is 11.2 Å². The quantitative estimate of drug-likeness (QED) is 0.636. The first-order valence-electron chi connectivity index (χ1n) is 5.65. The summed E-state index contributed by atoms with van der Waals surface area (Å²) in [7, 11) is 0. The molecule has 1 unspecified atom stereocenters. The van der Waals surface area contributed by atoms with E-state index in [0.717, 1.165) is 22.3 Å². The van der Waals surface area contributed by atoms with Crippen LogP contribution in [0.15, 0.2) is 40.9 Å². The summed E-state index contributed by atoms with van der Waals surface area (Å²) in [6, 6.07) is 11.1. The van der Waals surface area contributed by atoms with Crippen molar-refractivity contribution < 1.29 is 4.39 Å². The molecule has 0 bridgehead atoms. The van der Waals surface area contributed by atoms with E-state index in [1.807, 2.05) is 38.1 Å². The van der Waals surface area contributed by atoms with Gasteiger partial charge in [0, 0.05) is 0 Å². The normalized spacial score (nSPS) is 12.5. The first-order chi connectivity index (χ1) is 8.49. The van der Waals surface area contributed by atoms with Gasteiger partial charge in [0.1, 0.15) is 5.82 Å². The van der Waals surface area contributed by atoms with Crippen LogP contribution in [0.4, 0.5) is 4.39 Å². The fraction of sp³-hybridized carbons (Fsp3) is 0.200. The number of hydrogen-bond donors (Lipinski definition) is 0. The summed E-state index contributed by atoms with van der Waals surface area (Å²) in [5.41, 5.74) is 4.06. The summed E-state index contributed by atoms with van der Waals surface area (Å²) in [4.78, 5) is 0. The molecule has 0 radical (unpaired) electrons. The van der Waals surface area contributed by atoms with Crippen LogP contribution in [-0.2, 0) is 0 Å². The van der Waals surface area contributed by atoms with Crippen molar-refractivity contribution in [2.24, 2.45) is 0 Å². The topological polar surface area (TPSA) is 0 Å². The minimum atomic E-state index is -0.326. The van der Waals surface area contributed by atoms with Crippen molar-refractivity contribution >= 4 is 27.5 Å². The van der Waals surface area contributed by atoms with Crippen LogP contribution in [0, 0.1) is 19.7 Å². The van der Waals surface area contributed by atoms with Crippen LogP contribution in [0.5, 0.6) is 0 Å². The molecule has 2 rings (SSSR count). The zero-order valence-corrected chi connectivity index (χ0v) is 12.5. The molecule has 3 heteroatoms. The molecule has 0 heterocycles. The van der Waals surface area contributed by atoms with Gasteiger partial charge in [-0.1, -0.05) is 29.8 Å². The Labute approximate surface area is 120 Å². The Balaban J connectivity index is 2.44. The minimum Gasteiger partial charge on any atom is -0.206 e. The second-order valence-corrected chi connectivity index (χ2v) is 5.69. The van der Waals surface area contributed by atoms with Crippen LogP contribution >= 0.6 is 27.5 Å². The summed E-state index contributed by atoms with van der Waals surface area (Å²) < 4.78 is 14.0. The molecule has 0 nitrogen and oxygen atoms in total. The highest BCUT2D eigenvalue weighted by atomic mass is 79.9. The third kappa shape index (κ3) is 2.76. The van der Waals surface area contributed by atoms with Gasteiger partial charge in [0.2, 0.25) is 0 Å². The second kappa shape index (κ2) is 5.41. The molecular formula is C15H13BrClF. The molecule has 0 N–H and O–H groups in total. The molecule has 0 saturated heterocycles. The fourth-order valence-electron chi connectivity index (χ4n) is 1.88. The first-order valence-corrected chi connectivity index (χ1v) is 6.88. The number of alkyl halides is 1. The molecule has 0 saturated carbocycles. The highest BCUT2D eigenvalue weighted by molar-refractivity contribution is 9.10. The Morgan fingerprint density at radius 3 is 2.50 bits per heavy atom. The SMILES string of the molecule is Cc1ccc(C)c(C(Cl)c2ccc(Br)c(F)c2)c1. The predicted octanol–water partition coefficient (Wildman–Crippen LogP) is 5.53. The van der Waals surface area contributed by atoms with Gasteiger partial charge in [-0.2, -0.15) is 0 Å². The van der Waals surface area contributed by atoms with Crippen molar-refractivity contribution in [3.63, 3.8) is 0 Å². The number of halogens is 3. The Hall–Kier alpha value is -0.860. The number of rotatable bonds is 2. The fourth-order valence-corrected chi connectivity index (χ4v) is 2.50. The van der Waals surface area contributed by atoms with Gasteiger partial charge in [-0.25, -0.2) is 4.39 Å². The van der Waals surface area contributed by atoms with E-state index in [1.165, 1.54) is 6.07 Å². The summed E-state index contributed by atoms with van der Waals surface area (Å²) >= 11 is 9.59. The van der Waals surface area contributed by atoms with Gasteiger partial charge in [-0.3, -0.25) is 0 Å². The highest BCUT2D eigenvalue weighted by Crippen LogP contribution is 2.33. The molecule has 0 spiro atoms. The lowest BCUT2D eigenvalue weighted by atomic mass is 9.98. The molecule has 0 aromatic heterocycles. The molecule has 2 aromatic rings. The lowest BCUT2D eigenvalue weighted by molar-refractivity contribution is 0.619. The maximum atomic E-state index is 13.5. The van der Waals surface area contributed by atoms with Gasteiger partial charge in [-0.05, 0) is 58.6 Å². The van der Waals surface area contributed by atoms with Gasteiger partial charge in [0.25, 0.3) is 0 Å². The van der Waals surface area contributed by atoms with Crippen LogP contribution in [0.1, 0.15) is 27.6 Å². The second-order valence-electron chi connectivity index (χ2n) is 4.40. The maximum absolute atomic E-state index is 13.5. The lowest BCUT2D eigenvalue weighted by Gasteiger charge is -2.14. The van der Waals surface area contributed by atoms with E-state index in [2.05, 4.69) is 15.9 Å². The Bertz CT molecular complexity index is 581. The van der Waals surface area contributed by atoms with Crippen molar-refractivity contribution in [1.29, 1.82) is 0 Å². The lowest BCUT2D eigenvalue weighted by Crippen LogP contribution is -1.98. The number of benzene rings is 2. The van der Waals surface area contributed by atoms with Crippen molar-refractivity contribution in [1.82, 2.24) is 0 Å². The third-order valence-corrected chi connectivity index (χ3v) is 4.07. The van der Waals surface area contributed by atoms with Gasteiger partial charge < -0.3 is 0 Å². The van der Waals surface area contributed by atoms with E-state index in [4.69, 9.17) is 11.6 Å². The van der Waals surface area contributed by atoms with Crippen LogP contribution in [0.25, 0.3) is 0 Å². The summed E-state index contributed by atoms with van der Waals surface area (Å²) in [6.07, 6.45) is 0. The summed E-state index contributed by atoms with van der Waals surface area (Å²) in [6.45, 7) is 4.04. The molecule has 2 aromatic carbocycles. The molecule has 0 aliphatic rings. The third-order valence-electron chi connectivity index (χ3n) is 2.94. The van der Waals surface area contributed by atoms with Crippen molar-refractivity contribution in [2.45, 2.75) is 19.2 Å². The average molecular weight is 328 g/mol. The van der Waals surface area contributed by atoms with Crippen LogP contribution in [0.3, 0.4) is 0 Å². The molecular weight excluding hydrogens is 315 g/mol. The molecule has 18 heavy (non-hydrogen) atoms. The van der Waals surface area contributed by atoms with Crippen LogP contribution in [0.2, 0.25) is 0 Å². The van der Waals surface area contributed by atoms with E-state index in [0.29, 0.717) is 4.47 Å². The smallest absolute Gasteiger partial charge is 0.137 e. The first kappa shape index (κ1) is 13.6. The predicted molar refractivity (Wildman–Crippen MR) is 77.7 cm³/mol. The number of hydrogen-bond acceptors (Lipinski definition) is 0. The van der Waals surface area contributed by atoms with Crippen LogP contribution < -0.4 is 0 Å². The van der Waals surface area contributed by atoms with Gasteiger partial charge >= 0.3 is 0 Å². The van der Waals surface area contributed by atoms with E-state index in [9.17, 15) is 4.39 Å². The minimum absolute atomic E-state index is 0.288. The molecule has 0 aliphatic carbocycles. The largest absolute Gasteiger partial charge is 0.206 e. The highest BCUT2D eigenvalue weighted by Gasteiger charge is 2.14. The number of aryl methyl sites for hydroxylation is 2. The molecule has 0 amide bonds. The molecule has 0 fully saturated rings. The maximum Gasteiger partial charge on any atom is 0.137 e. The Kier molecular flexibility index (Phi) is 4.08. The van der Waals surface area contributed by atoms with Gasteiger partial charge in [0.05, 0.1) is 9.85 Å². The van der Waals surface area contributed by atoms with Crippen molar-refractivity contribution in [2.75, 3.05) is 0 Å². The Morgan fingerprint density at radius 2 is 1.83 bits per heavy atom. The monoisotopic (exact) mass is 326 g/mol. The van der Waals surface area contributed by atoms with Crippen molar-refractivity contribution in [3.8, 4) is 0 Å². The standard InChI is InChI=1S/C15H13BrClF/c1-9-3-4-10(2)12(7-9)15(17)11-5-6-13(16)14(18)8-11/h3-8,15H,1-2H3. The summed E-state index contributed by atoms with van der Waals surface area (Å²) in [5.74, 6) is -0.288. The summed E-state index contributed by atoms with van der Waals surface area (Å²) in [5, 5.41) is -0.326. The van der Waals surface area contributed by atoms with Gasteiger partial charge in [0.15, 0.2) is 0 Å². The molecule has 1 atom stereocenters. The average Bonchev–Trinajstić information content (AvgIpc) is 2.35. The van der Waals surface area contributed by atoms with Crippen molar-refractivity contribution in [3.05, 3.63) is 68.9 Å². The van der Waals surface area contributed by atoms with E-state index < -0.39 is 0 Å². The Morgan fingerprint density at radius 1 is 1.11 bits per heavy atom.